The van der Waals surface area contributed by atoms with Crippen molar-refractivity contribution < 1.29 is 22.4 Å². The number of nitrogens with one attached hydrogen (secondary N) is 1. The third-order valence-electron chi connectivity index (χ3n) is 5.22. The van der Waals surface area contributed by atoms with Gasteiger partial charge in [0.1, 0.15) is 12.4 Å². The van der Waals surface area contributed by atoms with Gasteiger partial charge >= 0.3 is 0 Å². The summed E-state index contributed by atoms with van der Waals surface area (Å²) in [6.45, 7) is 5.78. The second-order valence-corrected chi connectivity index (χ2v) is 10.9. The fourth-order valence-electron chi connectivity index (χ4n) is 3.36. The van der Waals surface area contributed by atoms with E-state index in [-0.39, 0.29) is 16.9 Å². The zero-order chi connectivity index (χ0) is 25.1. The van der Waals surface area contributed by atoms with Crippen LogP contribution in [0.2, 0.25) is 0 Å². The number of rotatable bonds is 7. The van der Waals surface area contributed by atoms with Crippen LogP contribution < -0.4 is 9.62 Å². The molecule has 0 aliphatic rings. The Balaban J connectivity index is 1.75. The second kappa shape index (κ2) is 9.77. The van der Waals surface area contributed by atoms with Crippen molar-refractivity contribution in [2.75, 3.05) is 22.4 Å². The van der Waals surface area contributed by atoms with E-state index < -0.39 is 28.3 Å². The lowest BCUT2D eigenvalue weighted by Gasteiger charge is -2.22. The summed E-state index contributed by atoms with van der Waals surface area (Å²) in [7, 11) is -3.79. The Morgan fingerprint density at radius 1 is 0.912 bits per heavy atom. The van der Waals surface area contributed by atoms with E-state index in [2.05, 4.69) is 26.1 Å². The number of halogens is 1. The zero-order valence-corrected chi connectivity index (χ0v) is 20.3. The lowest BCUT2D eigenvalue weighted by Crippen LogP contribution is -2.37. The maximum absolute atomic E-state index is 13.2. The van der Waals surface area contributed by atoms with Crippen molar-refractivity contribution in [1.29, 1.82) is 0 Å². The van der Waals surface area contributed by atoms with Crippen molar-refractivity contribution in [3.8, 4) is 0 Å². The molecule has 3 aromatic rings. The second-order valence-electron chi connectivity index (χ2n) is 9.03. The van der Waals surface area contributed by atoms with E-state index in [1.54, 1.807) is 36.4 Å². The van der Waals surface area contributed by atoms with Gasteiger partial charge in [-0.2, -0.15) is 0 Å². The van der Waals surface area contributed by atoms with E-state index in [0.29, 0.717) is 16.8 Å². The number of ketones is 1. The number of carbonyl (C=O) groups excluding carboxylic acids is 2. The van der Waals surface area contributed by atoms with Gasteiger partial charge in [0.15, 0.2) is 5.78 Å². The van der Waals surface area contributed by atoms with E-state index in [1.807, 2.05) is 12.1 Å². The minimum Gasteiger partial charge on any atom is -0.324 e. The molecule has 0 unspecified atom stereocenters. The first kappa shape index (κ1) is 25.1. The smallest absolute Gasteiger partial charge is 0.245 e. The van der Waals surface area contributed by atoms with Crippen molar-refractivity contribution >= 4 is 33.1 Å². The molecule has 0 saturated heterocycles. The molecule has 0 radical (unpaired) electrons. The maximum Gasteiger partial charge on any atom is 0.245 e. The highest BCUT2D eigenvalue weighted by Crippen LogP contribution is 2.24. The molecular weight excluding hydrogens is 455 g/mol. The van der Waals surface area contributed by atoms with Crippen molar-refractivity contribution in [2.45, 2.75) is 26.2 Å². The van der Waals surface area contributed by atoms with Gasteiger partial charge in [-0.15, -0.1) is 0 Å². The summed E-state index contributed by atoms with van der Waals surface area (Å²) < 4.78 is 38.5. The Labute approximate surface area is 199 Å². The van der Waals surface area contributed by atoms with E-state index in [4.69, 9.17) is 0 Å². The number of amides is 1. The van der Waals surface area contributed by atoms with E-state index in [9.17, 15) is 22.4 Å². The van der Waals surface area contributed by atoms with Crippen molar-refractivity contribution in [1.82, 2.24) is 0 Å². The fourth-order valence-corrected chi connectivity index (χ4v) is 4.22. The molecule has 0 aliphatic carbocycles. The summed E-state index contributed by atoms with van der Waals surface area (Å²) >= 11 is 0. The van der Waals surface area contributed by atoms with Gasteiger partial charge in [-0.3, -0.25) is 13.9 Å². The maximum atomic E-state index is 13.2. The molecule has 1 N–H and O–H groups in total. The summed E-state index contributed by atoms with van der Waals surface area (Å²) in [5.74, 6) is -1.31. The molecule has 0 aromatic heterocycles. The van der Waals surface area contributed by atoms with Gasteiger partial charge < -0.3 is 5.32 Å². The van der Waals surface area contributed by atoms with Gasteiger partial charge in [0.25, 0.3) is 0 Å². The SMILES string of the molecule is CC(C)(C)c1ccc(C(=O)c2cccc(NC(=O)CN(c3ccc(F)cc3)S(C)(=O)=O)c2)cc1. The van der Waals surface area contributed by atoms with Gasteiger partial charge in [0.2, 0.25) is 15.9 Å². The van der Waals surface area contributed by atoms with Crippen molar-refractivity contribution in [2.24, 2.45) is 0 Å². The Bertz CT molecular complexity index is 1300. The van der Waals surface area contributed by atoms with Gasteiger partial charge in [-0.25, -0.2) is 12.8 Å². The molecule has 8 heteroatoms. The fraction of sp³-hybridized carbons (Fsp3) is 0.231. The average Bonchev–Trinajstić information content (AvgIpc) is 2.77. The summed E-state index contributed by atoms with van der Waals surface area (Å²) in [5.41, 5.74) is 2.52. The van der Waals surface area contributed by atoms with Gasteiger partial charge in [0.05, 0.1) is 11.9 Å². The number of hydrogen-bond acceptors (Lipinski definition) is 4. The zero-order valence-electron chi connectivity index (χ0n) is 19.5. The van der Waals surface area contributed by atoms with Crippen LogP contribution in [0.5, 0.6) is 0 Å². The molecule has 0 saturated carbocycles. The lowest BCUT2D eigenvalue weighted by atomic mass is 9.86. The number of anilines is 2. The quantitative estimate of drug-likeness (QED) is 0.492. The van der Waals surface area contributed by atoms with E-state index >= 15 is 0 Å². The van der Waals surface area contributed by atoms with Crippen LogP contribution in [-0.4, -0.2) is 32.9 Å². The molecule has 178 valence electrons. The summed E-state index contributed by atoms with van der Waals surface area (Å²) in [6.07, 6.45) is 0.966. The number of nitrogens with zero attached hydrogens (tertiary/aromatic N) is 1. The van der Waals surface area contributed by atoms with Gasteiger partial charge in [-0.1, -0.05) is 57.2 Å². The molecule has 0 heterocycles. The summed E-state index contributed by atoms with van der Waals surface area (Å²) in [4.78, 5) is 25.6. The van der Waals surface area contributed by atoms with Crippen molar-refractivity contribution in [3.05, 3.63) is 95.3 Å². The van der Waals surface area contributed by atoms with Gasteiger partial charge in [0, 0.05) is 16.8 Å². The van der Waals surface area contributed by atoms with Crippen LogP contribution in [0.3, 0.4) is 0 Å². The number of sulfonamides is 1. The molecule has 0 spiro atoms. The minimum absolute atomic E-state index is 0.0282. The topological polar surface area (TPSA) is 83.6 Å². The van der Waals surface area contributed by atoms with Crippen LogP contribution >= 0.6 is 0 Å². The lowest BCUT2D eigenvalue weighted by molar-refractivity contribution is -0.114. The molecule has 0 fully saturated rings. The molecule has 0 aliphatic heterocycles. The molecule has 0 atom stereocenters. The normalized spacial score (nSPS) is 11.7. The minimum atomic E-state index is -3.79. The third kappa shape index (κ3) is 6.29. The highest BCUT2D eigenvalue weighted by Gasteiger charge is 2.21. The average molecular weight is 483 g/mol. The molecule has 3 rings (SSSR count). The molecule has 6 nitrogen and oxygen atoms in total. The van der Waals surface area contributed by atoms with Crippen LogP contribution in [0, 0.1) is 5.82 Å². The first-order valence-electron chi connectivity index (χ1n) is 10.6. The van der Waals surface area contributed by atoms with Gasteiger partial charge in [-0.05, 0) is 47.4 Å². The van der Waals surface area contributed by atoms with Crippen LogP contribution in [0.4, 0.5) is 15.8 Å². The van der Waals surface area contributed by atoms with Crippen LogP contribution in [0.15, 0.2) is 72.8 Å². The molecular formula is C26H27FN2O4S. The third-order valence-corrected chi connectivity index (χ3v) is 6.36. The van der Waals surface area contributed by atoms with Crippen LogP contribution in [0.25, 0.3) is 0 Å². The highest BCUT2D eigenvalue weighted by molar-refractivity contribution is 7.92. The number of hydrogen-bond donors (Lipinski definition) is 1. The van der Waals surface area contributed by atoms with Crippen LogP contribution in [0.1, 0.15) is 42.3 Å². The predicted octanol–water partition coefficient (Wildman–Crippen LogP) is 4.76. The van der Waals surface area contributed by atoms with E-state index in [1.165, 1.54) is 12.1 Å². The van der Waals surface area contributed by atoms with E-state index in [0.717, 1.165) is 28.3 Å². The number of benzene rings is 3. The standard InChI is InChI=1S/C26H27FN2O4S/c1-26(2,3)20-10-8-18(9-11-20)25(31)19-6-5-7-22(16-19)28-24(30)17-29(34(4,32)33)23-14-12-21(27)13-15-23/h5-16H,17H2,1-4H3,(H,28,30). The summed E-state index contributed by atoms with van der Waals surface area (Å²) in [6, 6.07) is 18.7. The summed E-state index contributed by atoms with van der Waals surface area (Å²) in [5, 5.41) is 2.63. The Kier molecular flexibility index (Phi) is 7.21. The van der Waals surface area contributed by atoms with Crippen molar-refractivity contribution in [3.63, 3.8) is 0 Å². The Morgan fingerprint density at radius 2 is 1.53 bits per heavy atom. The number of carbonyl (C=O) groups is 2. The van der Waals surface area contributed by atoms with Crippen LogP contribution in [-0.2, 0) is 20.2 Å². The highest BCUT2D eigenvalue weighted by atomic mass is 32.2. The monoisotopic (exact) mass is 482 g/mol. The Morgan fingerprint density at radius 3 is 2.09 bits per heavy atom. The largest absolute Gasteiger partial charge is 0.324 e. The first-order valence-corrected chi connectivity index (χ1v) is 12.5. The molecule has 34 heavy (non-hydrogen) atoms. The Hall–Kier alpha value is -3.52. The first-order chi connectivity index (χ1) is 15.8. The molecule has 1 amide bonds. The predicted molar refractivity (Wildman–Crippen MR) is 132 cm³/mol. The molecule has 0 bridgehead atoms. The molecule has 3 aromatic carbocycles.